The van der Waals surface area contributed by atoms with Crippen molar-refractivity contribution in [1.82, 2.24) is 9.97 Å². The van der Waals surface area contributed by atoms with E-state index in [1.54, 1.807) is 6.07 Å². The summed E-state index contributed by atoms with van der Waals surface area (Å²) in [6.07, 6.45) is -2.61. The minimum Gasteiger partial charge on any atom is -0.481 e. The zero-order valence-electron chi connectivity index (χ0n) is 11.3. The van der Waals surface area contributed by atoms with Crippen molar-refractivity contribution in [3.63, 3.8) is 0 Å². The zero-order chi connectivity index (χ0) is 15.5. The van der Waals surface area contributed by atoms with Gasteiger partial charge in [-0.1, -0.05) is 12.1 Å². The Bertz CT molecular complexity index is 599. The fraction of sp³-hybridized carbons (Fsp3) is 0.286. The molecule has 1 aromatic heterocycles. The van der Waals surface area contributed by atoms with E-state index in [2.05, 4.69) is 9.97 Å². The van der Waals surface area contributed by atoms with Gasteiger partial charge in [0, 0.05) is 24.2 Å². The molecule has 0 fully saturated rings. The van der Waals surface area contributed by atoms with Gasteiger partial charge in [-0.2, -0.15) is 13.2 Å². The van der Waals surface area contributed by atoms with Gasteiger partial charge in [-0.25, -0.2) is 9.97 Å². The van der Waals surface area contributed by atoms with Gasteiger partial charge in [-0.05, 0) is 17.7 Å². The van der Waals surface area contributed by atoms with Gasteiger partial charge >= 0.3 is 6.18 Å². The summed E-state index contributed by atoms with van der Waals surface area (Å²) in [5.74, 6) is 0.416. The van der Waals surface area contributed by atoms with Crippen LogP contribution >= 0.6 is 0 Å². The maximum atomic E-state index is 12.5. The van der Waals surface area contributed by atoms with E-state index in [1.165, 1.54) is 25.6 Å². The molecule has 0 saturated carbocycles. The van der Waals surface area contributed by atoms with Crippen LogP contribution in [-0.2, 0) is 12.6 Å². The molecule has 0 aliphatic rings. The molecule has 2 N–H and O–H groups in total. The molecule has 2 aromatic rings. The summed E-state index contributed by atoms with van der Waals surface area (Å²) in [7, 11) is 1.49. The molecule has 0 bridgehead atoms. The Labute approximate surface area is 119 Å². The SMILES string of the molecule is COc1cc(CC(N)c2ccc(C(F)(F)F)cc2)ncn1. The Morgan fingerprint density at radius 3 is 2.43 bits per heavy atom. The number of nitrogens with two attached hydrogens (primary N) is 1. The third-order valence-electron chi connectivity index (χ3n) is 3.00. The summed E-state index contributed by atoms with van der Waals surface area (Å²) in [5, 5.41) is 0. The first-order valence-corrected chi connectivity index (χ1v) is 6.18. The van der Waals surface area contributed by atoms with Crippen molar-refractivity contribution in [2.24, 2.45) is 5.73 Å². The molecule has 0 amide bonds. The quantitative estimate of drug-likeness (QED) is 0.942. The normalized spacial score (nSPS) is 13.0. The van der Waals surface area contributed by atoms with E-state index in [4.69, 9.17) is 10.5 Å². The number of benzene rings is 1. The number of hydrogen-bond donors (Lipinski definition) is 1. The number of hydrogen-bond acceptors (Lipinski definition) is 4. The number of ether oxygens (including phenoxy) is 1. The van der Waals surface area contributed by atoms with E-state index in [1.807, 2.05) is 0 Å². The standard InChI is InChI=1S/C14H14F3N3O/c1-21-13-7-11(19-8-20-13)6-12(18)9-2-4-10(5-3-9)14(15,16)17/h2-5,7-8,12H,6,18H2,1H3. The van der Waals surface area contributed by atoms with Crippen LogP contribution in [0.2, 0.25) is 0 Å². The highest BCUT2D eigenvalue weighted by atomic mass is 19.4. The molecule has 0 spiro atoms. The maximum Gasteiger partial charge on any atom is 0.416 e. The van der Waals surface area contributed by atoms with Crippen molar-refractivity contribution in [3.05, 3.63) is 53.5 Å². The van der Waals surface area contributed by atoms with Crippen LogP contribution in [-0.4, -0.2) is 17.1 Å². The first-order valence-electron chi connectivity index (χ1n) is 6.18. The van der Waals surface area contributed by atoms with Gasteiger partial charge in [0.05, 0.1) is 12.7 Å². The molecule has 2 rings (SSSR count). The minimum absolute atomic E-state index is 0.379. The Morgan fingerprint density at radius 2 is 1.86 bits per heavy atom. The summed E-state index contributed by atoms with van der Waals surface area (Å²) in [5.41, 5.74) is 6.58. The predicted molar refractivity (Wildman–Crippen MR) is 70.7 cm³/mol. The molecule has 112 valence electrons. The summed E-state index contributed by atoms with van der Waals surface area (Å²) in [6, 6.07) is 6.00. The Balaban J connectivity index is 2.11. The van der Waals surface area contributed by atoms with E-state index >= 15 is 0 Å². The van der Waals surface area contributed by atoms with Crippen LogP contribution in [0.5, 0.6) is 5.88 Å². The van der Waals surface area contributed by atoms with Gasteiger partial charge in [0.1, 0.15) is 6.33 Å². The van der Waals surface area contributed by atoms with Crippen molar-refractivity contribution in [1.29, 1.82) is 0 Å². The number of rotatable bonds is 4. The summed E-state index contributed by atoms with van der Waals surface area (Å²) in [6.45, 7) is 0. The second-order valence-electron chi connectivity index (χ2n) is 4.48. The molecule has 0 aliphatic carbocycles. The zero-order valence-corrected chi connectivity index (χ0v) is 11.3. The molecule has 1 heterocycles. The van der Waals surface area contributed by atoms with Crippen LogP contribution in [0.4, 0.5) is 13.2 Å². The first-order chi connectivity index (χ1) is 9.90. The number of methoxy groups -OCH3 is 1. The van der Waals surface area contributed by atoms with Crippen LogP contribution in [0, 0.1) is 0 Å². The van der Waals surface area contributed by atoms with E-state index < -0.39 is 17.8 Å². The monoisotopic (exact) mass is 297 g/mol. The molecule has 1 unspecified atom stereocenters. The molecular formula is C14H14F3N3O. The smallest absolute Gasteiger partial charge is 0.416 e. The molecule has 4 nitrogen and oxygen atoms in total. The molecule has 0 radical (unpaired) electrons. The van der Waals surface area contributed by atoms with Crippen LogP contribution in [0.3, 0.4) is 0 Å². The number of aromatic nitrogens is 2. The molecule has 0 saturated heterocycles. The van der Waals surface area contributed by atoms with Gasteiger partial charge in [0.15, 0.2) is 0 Å². The number of alkyl halides is 3. The lowest BCUT2D eigenvalue weighted by Gasteiger charge is -2.13. The molecular weight excluding hydrogens is 283 g/mol. The summed E-state index contributed by atoms with van der Waals surface area (Å²) >= 11 is 0. The average Bonchev–Trinajstić information content (AvgIpc) is 2.46. The Kier molecular flexibility index (Phi) is 4.42. The van der Waals surface area contributed by atoms with Crippen LogP contribution in [0.25, 0.3) is 0 Å². The lowest BCUT2D eigenvalue weighted by Crippen LogP contribution is -2.15. The highest BCUT2D eigenvalue weighted by Gasteiger charge is 2.30. The second kappa shape index (κ2) is 6.09. The Hall–Kier alpha value is -2.15. The van der Waals surface area contributed by atoms with E-state index in [-0.39, 0.29) is 0 Å². The van der Waals surface area contributed by atoms with E-state index in [0.29, 0.717) is 23.6 Å². The van der Waals surface area contributed by atoms with Crippen molar-refractivity contribution in [2.75, 3.05) is 7.11 Å². The number of halogens is 3. The van der Waals surface area contributed by atoms with E-state index in [0.717, 1.165) is 12.1 Å². The largest absolute Gasteiger partial charge is 0.481 e. The fourth-order valence-electron chi connectivity index (χ4n) is 1.86. The van der Waals surface area contributed by atoms with E-state index in [9.17, 15) is 13.2 Å². The van der Waals surface area contributed by atoms with Gasteiger partial charge in [0.25, 0.3) is 0 Å². The van der Waals surface area contributed by atoms with Crippen LogP contribution in [0.1, 0.15) is 22.9 Å². The van der Waals surface area contributed by atoms with Crippen LogP contribution in [0.15, 0.2) is 36.7 Å². The first kappa shape index (κ1) is 15.2. The topological polar surface area (TPSA) is 61.0 Å². The maximum absolute atomic E-state index is 12.5. The highest BCUT2D eigenvalue weighted by molar-refractivity contribution is 5.27. The van der Waals surface area contributed by atoms with Gasteiger partial charge in [0.2, 0.25) is 5.88 Å². The van der Waals surface area contributed by atoms with Gasteiger partial charge in [-0.15, -0.1) is 0 Å². The lowest BCUT2D eigenvalue weighted by atomic mass is 10.0. The average molecular weight is 297 g/mol. The highest BCUT2D eigenvalue weighted by Crippen LogP contribution is 2.30. The predicted octanol–water partition coefficient (Wildman–Crippen LogP) is 2.75. The van der Waals surface area contributed by atoms with Crippen molar-refractivity contribution >= 4 is 0 Å². The summed E-state index contributed by atoms with van der Waals surface area (Å²) in [4.78, 5) is 7.94. The van der Waals surface area contributed by atoms with Crippen LogP contribution < -0.4 is 10.5 Å². The molecule has 7 heteroatoms. The third kappa shape index (κ3) is 3.91. The van der Waals surface area contributed by atoms with Gasteiger partial charge in [-0.3, -0.25) is 0 Å². The number of nitrogens with zero attached hydrogens (tertiary/aromatic N) is 2. The third-order valence-corrected chi connectivity index (χ3v) is 3.00. The van der Waals surface area contributed by atoms with Gasteiger partial charge < -0.3 is 10.5 Å². The fourth-order valence-corrected chi connectivity index (χ4v) is 1.86. The Morgan fingerprint density at radius 1 is 1.19 bits per heavy atom. The molecule has 1 atom stereocenters. The minimum atomic E-state index is -4.34. The second-order valence-corrected chi connectivity index (χ2v) is 4.48. The molecule has 1 aromatic carbocycles. The summed E-state index contributed by atoms with van der Waals surface area (Å²) < 4.78 is 42.4. The molecule has 0 aliphatic heterocycles. The van der Waals surface area contributed by atoms with Crippen molar-refractivity contribution < 1.29 is 17.9 Å². The lowest BCUT2D eigenvalue weighted by molar-refractivity contribution is -0.137. The van der Waals surface area contributed by atoms with Crippen molar-refractivity contribution in [2.45, 2.75) is 18.6 Å². The molecule has 21 heavy (non-hydrogen) atoms. The van der Waals surface area contributed by atoms with Crippen molar-refractivity contribution in [3.8, 4) is 5.88 Å².